The summed E-state index contributed by atoms with van der Waals surface area (Å²) in [6.07, 6.45) is 2.41. The van der Waals surface area contributed by atoms with Crippen molar-refractivity contribution >= 4 is 5.84 Å². The van der Waals surface area contributed by atoms with E-state index in [9.17, 15) is 4.79 Å². The maximum absolute atomic E-state index is 11.9. The third-order valence-electron chi connectivity index (χ3n) is 2.30. The second-order valence-electron chi connectivity index (χ2n) is 3.46. The lowest BCUT2D eigenvalue weighted by atomic mass is 10.2. The molecule has 0 bridgehead atoms. The zero-order valence-electron chi connectivity index (χ0n) is 9.80. The van der Waals surface area contributed by atoms with Gasteiger partial charge in [0.1, 0.15) is 0 Å². The summed E-state index contributed by atoms with van der Waals surface area (Å²) in [5.74, 6) is -0.172. The highest BCUT2D eigenvalue weighted by molar-refractivity contribution is 5.96. The van der Waals surface area contributed by atoms with Gasteiger partial charge in [-0.1, -0.05) is 5.16 Å². The molecule has 3 N–H and O–H groups in total. The zero-order chi connectivity index (χ0) is 12.7. The van der Waals surface area contributed by atoms with E-state index >= 15 is 0 Å². The van der Waals surface area contributed by atoms with Gasteiger partial charge in [-0.25, -0.2) is 0 Å². The molecule has 6 heteroatoms. The smallest absolute Gasteiger partial charge is 0.261 e. The predicted octanol–water partition coefficient (Wildman–Crippen LogP) is 0.369. The van der Waals surface area contributed by atoms with Crippen molar-refractivity contribution < 1.29 is 9.94 Å². The molecule has 1 aromatic rings. The van der Waals surface area contributed by atoms with Gasteiger partial charge in [0.2, 0.25) is 0 Å². The van der Waals surface area contributed by atoms with Gasteiger partial charge in [0, 0.05) is 26.0 Å². The minimum absolute atomic E-state index is 0.172. The molecule has 0 saturated carbocycles. The topological polar surface area (TPSA) is 89.8 Å². The highest BCUT2D eigenvalue weighted by Crippen LogP contribution is 1.94. The molecular weight excluding hydrogens is 222 g/mol. The Morgan fingerprint density at radius 3 is 3.06 bits per heavy atom. The zero-order valence-corrected chi connectivity index (χ0v) is 9.80. The van der Waals surface area contributed by atoms with Gasteiger partial charge in [-0.3, -0.25) is 4.79 Å². The van der Waals surface area contributed by atoms with Crippen LogP contribution in [-0.4, -0.2) is 28.8 Å². The Morgan fingerprint density at radius 2 is 2.41 bits per heavy atom. The van der Waals surface area contributed by atoms with Crippen LogP contribution in [0.25, 0.3) is 0 Å². The molecule has 94 valence electrons. The number of pyridine rings is 1. The number of rotatable bonds is 6. The van der Waals surface area contributed by atoms with E-state index in [0.29, 0.717) is 19.8 Å². The normalized spacial score (nSPS) is 11.7. The van der Waals surface area contributed by atoms with Crippen molar-refractivity contribution in [2.24, 2.45) is 10.9 Å². The van der Waals surface area contributed by atoms with Crippen LogP contribution in [0.1, 0.15) is 18.9 Å². The van der Waals surface area contributed by atoms with Gasteiger partial charge in [-0.2, -0.15) is 0 Å². The Balaban J connectivity index is 2.77. The van der Waals surface area contributed by atoms with E-state index in [4.69, 9.17) is 15.7 Å². The average Bonchev–Trinajstić information content (AvgIpc) is 2.35. The Bertz CT molecular complexity index is 440. The molecule has 0 unspecified atom stereocenters. The van der Waals surface area contributed by atoms with Gasteiger partial charge in [-0.05, 0) is 25.5 Å². The number of nitrogens with two attached hydrogens (primary N) is 1. The summed E-state index contributed by atoms with van der Waals surface area (Å²) >= 11 is 0. The summed E-state index contributed by atoms with van der Waals surface area (Å²) in [4.78, 5) is 11.9. The summed E-state index contributed by atoms with van der Waals surface area (Å²) < 4.78 is 6.71. The van der Waals surface area contributed by atoms with Crippen molar-refractivity contribution in [3.8, 4) is 0 Å². The van der Waals surface area contributed by atoms with Gasteiger partial charge in [0.15, 0.2) is 5.84 Å². The molecule has 1 rings (SSSR count). The first-order valence-electron chi connectivity index (χ1n) is 5.45. The molecule has 0 saturated heterocycles. The molecule has 0 fully saturated rings. The van der Waals surface area contributed by atoms with Crippen molar-refractivity contribution in [1.82, 2.24) is 4.57 Å². The fourth-order valence-corrected chi connectivity index (χ4v) is 1.44. The van der Waals surface area contributed by atoms with E-state index in [1.807, 2.05) is 6.92 Å². The molecule has 0 spiro atoms. The van der Waals surface area contributed by atoms with Crippen LogP contribution in [0, 0.1) is 0 Å². The lowest BCUT2D eigenvalue weighted by Crippen LogP contribution is -2.29. The summed E-state index contributed by atoms with van der Waals surface area (Å²) in [6, 6.07) is 3.21. The number of aryl methyl sites for hydroxylation is 1. The molecule has 0 aliphatic carbocycles. The maximum Gasteiger partial charge on any atom is 0.261 e. The van der Waals surface area contributed by atoms with Gasteiger partial charge >= 0.3 is 0 Å². The second-order valence-corrected chi connectivity index (χ2v) is 3.46. The first-order valence-corrected chi connectivity index (χ1v) is 5.45. The van der Waals surface area contributed by atoms with Crippen molar-refractivity contribution in [3.05, 3.63) is 34.2 Å². The molecule has 0 radical (unpaired) electrons. The lowest BCUT2D eigenvalue weighted by Gasteiger charge is -2.07. The third-order valence-corrected chi connectivity index (χ3v) is 2.30. The standard InChI is InChI=1S/C11H17N3O3/c1-2-17-8-4-7-14-6-3-5-9(11(14)15)10(12)13-16/h3,5-6,16H,2,4,7-8H2,1H3,(H2,12,13). The maximum atomic E-state index is 11.9. The highest BCUT2D eigenvalue weighted by atomic mass is 16.5. The monoisotopic (exact) mass is 239 g/mol. The minimum Gasteiger partial charge on any atom is -0.409 e. The number of ether oxygens (including phenoxy) is 1. The average molecular weight is 239 g/mol. The quantitative estimate of drug-likeness (QED) is 0.247. The third kappa shape index (κ3) is 3.60. The number of oxime groups is 1. The van der Waals surface area contributed by atoms with E-state index in [1.165, 1.54) is 10.6 Å². The Labute approximate surface area is 99.3 Å². The molecule has 0 atom stereocenters. The van der Waals surface area contributed by atoms with Crippen LogP contribution in [0.4, 0.5) is 0 Å². The molecular formula is C11H17N3O3. The minimum atomic E-state index is -0.265. The number of hydrogen-bond acceptors (Lipinski definition) is 4. The Morgan fingerprint density at radius 1 is 1.65 bits per heavy atom. The van der Waals surface area contributed by atoms with Gasteiger partial charge in [0.25, 0.3) is 5.56 Å². The molecule has 1 heterocycles. The van der Waals surface area contributed by atoms with Crippen molar-refractivity contribution in [1.29, 1.82) is 0 Å². The predicted molar refractivity (Wildman–Crippen MR) is 64.3 cm³/mol. The molecule has 0 aliphatic heterocycles. The number of nitrogens with zero attached hydrogens (tertiary/aromatic N) is 2. The van der Waals surface area contributed by atoms with E-state index < -0.39 is 0 Å². The number of amidine groups is 1. The van der Waals surface area contributed by atoms with Crippen LogP contribution in [-0.2, 0) is 11.3 Å². The molecule has 0 aromatic carbocycles. The SMILES string of the molecule is CCOCCCn1cccc(/C(N)=N/O)c1=O. The van der Waals surface area contributed by atoms with E-state index in [2.05, 4.69) is 5.16 Å². The van der Waals surface area contributed by atoms with Gasteiger partial charge in [0.05, 0.1) is 5.56 Å². The molecule has 6 nitrogen and oxygen atoms in total. The first kappa shape index (κ1) is 13.2. The number of aromatic nitrogens is 1. The molecule has 17 heavy (non-hydrogen) atoms. The van der Waals surface area contributed by atoms with Crippen molar-refractivity contribution in [2.45, 2.75) is 19.9 Å². The fourth-order valence-electron chi connectivity index (χ4n) is 1.44. The Hall–Kier alpha value is -1.82. The molecule has 0 amide bonds. The van der Waals surface area contributed by atoms with Crippen LogP contribution >= 0.6 is 0 Å². The van der Waals surface area contributed by atoms with E-state index in [-0.39, 0.29) is 17.0 Å². The van der Waals surface area contributed by atoms with Gasteiger partial charge < -0.3 is 20.2 Å². The van der Waals surface area contributed by atoms with Crippen LogP contribution < -0.4 is 11.3 Å². The molecule has 1 aromatic heterocycles. The summed E-state index contributed by atoms with van der Waals surface area (Å²) in [7, 11) is 0. The first-order chi connectivity index (χ1) is 8.20. The van der Waals surface area contributed by atoms with Crippen molar-refractivity contribution in [3.63, 3.8) is 0 Å². The highest BCUT2D eigenvalue weighted by Gasteiger charge is 2.06. The Kier molecular flexibility index (Phi) is 5.22. The van der Waals surface area contributed by atoms with Crippen LogP contribution in [0.5, 0.6) is 0 Å². The summed E-state index contributed by atoms with van der Waals surface area (Å²) in [5, 5.41) is 11.4. The van der Waals surface area contributed by atoms with Crippen molar-refractivity contribution in [2.75, 3.05) is 13.2 Å². The number of hydrogen-bond donors (Lipinski definition) is 2. The largest absolute Gasteiger partial charge is 0.409 e. The summed E-state index contributed by atoms with van der Waals surface area (Å²) in [5.41, 5.74) is 5.34. The lowest BCUT2D eigenvalue weighted by molar-refractivity contribution is 0.141. The van der Waals surface area contributed by atoms with Crippen LogP contribution in [0.2, 0.25) is 0 Å². The van der Waals surface area contributed by atoms with Gasteiger partial charge in [-0.15, -0.1) is 0 Å². The fraction of sp³-hybridized carbons (Fsp3) is 0.455. The van der Waals surface area contributed by atoms with E-state index in [0.717, 1.165) is 6.42 Å². The summed E-state index contributed by atoms with van der Waals surface area (Å²) in [6.45, 7) is 3.74. The van der Waals surface area contributed by atoms with E-state index in [1.54, 1.807) is 12.3 Å². The molecule has 0 aliphatic rings. The van der Waals surface area contributed by atoms with Crippen LogP contribution in [0.3, 0.4) is 0 Å². The van der Waals surface area contributed by atoms with Crippen LogP contribution in [0.15, 0.2) is 28.3 Å². The second kappa shape index (κ2) is 6.70.